The van der Waals surface area contributed by atoms with E-state index in [1.54, 1.807) is 12.1 Å². The van der Waals surface area contributed by atoms with Crippen LogP contribution in [-0.2, 0) is 10.0 Å². The van der Waals surface area contributed by atoms with Crippen LogP contribution in [-0.4, -0.2) is 20.0 Å². The third kappa shape index (κ3) is 2.84. The van der Waals surface area contributed by atoms with E-state index in [0.29, 0.717) is 18.0 Å². The summed E-state index contributed by atoms with van der Waals surface area (Å²) in [5.74, 6) is 0.343. The topological polar surface area (TPSA) is 72.2 Å². The van der Waals surface area contributed by atoms with Gasteiger partial charge in [0, 0.05) is 12.1 Å². The second kappa shape index (κ2) is 5.04. The molecule has 2 rings (SSSR count). The Kier molecular flexibility index (Phi) is 3.93. The highest BCUT2D eigenvalue weighted by Crippen LogP contribution is 2.67. The fourth-order valence-corrected chi connectivity index (χ4v) is 4.10. The molecule has 1 saturated carbocycles. The van der Waals surface area contributed by atoms with E-state index < -0.39 is 10.0 Å². The molecule has 0 unspecified atom stereocenters. The minimum atomic E-state index is -3.49. The second-order valence-electron chi connectivity index (χ2n) is 6.74. The number of nitrogens with two attached hydrogens (primary N) is 1. The van der Waals surface area contributed by atoms with Gasteiger partial charge in [-0.25, -0.2) is 13.1 Å². The maximum atomic E-state index is 12.3. The first-order chi connectivity index (χ1) is 9.50. The number of thiocarbonyl (C=S) groups is 1. The van der Waals surface area contributed by atoms with Gasteiger partial charge in [0.15, 0.2) is 0 Å². The van der Waals surface area contributed by atoms with Crippen molar-refractivity contribution < 1.29 is 8.42 Å². The molecule has 0 atom stereocenters. The fourth-order valence-electron chi connectivity index (χ4n) is 2.92. The van der Waals surface area contributed by atoms with E-state index in [1.165, 1.54) is 12.1 Å². The van der Waals surface area contributed by atoms with Gasteiger partial charge in [0.1, 0.15) is 4.99 Å². The Bertz CT molecular complexity index is 647. The lowest BCUT2D eigenvalue weighted by atomic mass is 10.0. The van der Waals surface area contributed by atoms with Gasteiger partial charge in [0.25, 0.3) is 0 Å². The molecule has 0 heterocycles. The van der Waals surface area contributed by atoms with Crippen molar-refractivity contribution >= 4 is 27.2 Å². The highest BCUT2D eigenvalue weighted by molar-refractivity contribution is 7.89. The Morgan fingerprint density at radius 1 is 1.19 bits per heavy atom. The van der Waals surface area contributed by atoms with Crippen molar-refractivity contribution in [2.24, 2.45) is 22.5 Å². The van der Waals surface area contributed by atoms with Crippen molar-refractivity contribution in [1.82, 2.24) is 4.72 Å². The smallest absolute Gasteiger partial charge is 0.240 e. The summed E-state index contributed by atoms with van der Waals surface area (Å²) in [5.41, 5.74) is 6.48. The molecule has 0 bridgehead atoms. The van der Waals surface area contributed by atoms with Crippen LogP contribution in [0.4, 0.5) is 0 Å². The number of rotatable bonds is 5. The van der Waals surface area contributed by atoms with Gasteiger partial charge in [-0.2, -0.15) is 0 Å². The molecule has 3 N–H and O–H groups in total. The maximum Gasteiger partial charge on any atom is 0.240 e. The second-order valence-corrected chi connectivity index (χ2v) is 8.94. The predicted molar refractivity (Wildman–Crippen MR) is 88.6 cm³/mol. The van der Waals surface area contributed by atoms with Crippen LogP contribution in [0.1, 0.15) is 33.3 Å². The molecule has 0 radical (unpaired) electrons. The van der Waals surface area contributed by atoms with E-state index in [2.05, 4.69) is 32.4 Å². The first-order valence-electron chi connectivity index (χ1n) is 6.89. The number of sulfonamides is 1. The SMILES string of the molecule is CC1(C)C(CNS(=O)(=O)c2ccc(C(N)=S)cc2)C1(C)C. The summed E-state index contributed by atoms with van der Waals surface area (Å²) in [6.45, 7) is 9.14. The molecule has 0 aromatic heterocycles. The Hall–Kier alpha value is -0.980. The van der Waals surface area contributed by atoms with Crippen LogP contribution in [0, 0.1) is 16.7 Å². The Balaban J connectivity index is 2.08. The van der Waals surface area contributed by atoms with Gasteiger partial charge in [-0.05, 0) is 28.9 Å². The average molecular weight is 326 g/mol. The molecule has 21 heavy (non-hydrogen) atoms. The Morgan fingerprint density at radius 2 is 1.67 bits per heavy atom. The Labute approximate surface area is 132 Å². The molecule has 6 heteroatoms. The van der Waals surface area contributed by atoms with Crippen molar-refractivity contribution in [2.75, 3.05) is 6.54 Å². The van der Waals surface area contributed by atoms with Gasteiger partial charge >= 0.3 is 0 Å². The summed E-state index contributed by atoms with van der Waals surface area (Å²) in [5, 5.41) is 0. The third-order valence-electron chi connectivity index (χ3n) is 5.25. The third-order valence-corrected chi connectivity index (χ3v) is 6.92. The number of benzene rings is 1. The Morgan fingerprint density at radius 3 is 2.05 bits per heavy atom. The molecule has 116 valence electrons. The lowest BCUT2D eigenvalue weighted by molar-refractivity contribution is 0.457. The van der Waals surface area contributed by atoms with Crippen LogP contribution in [0.15, 0.2) is 29.2 Å². The molecular formula is C15H22N2O2S2. The molecular weight excluding hydrogens is 304 g/mol. The van der Waals surface area contributed by atoms with Crippen LogP contribution >= 0.6 is 12.2 Å². The van der Waals surface area contributed by atoms with Crippen molar-refractivity contribution in [3.63, 3.8) is 0 Å². The van der Waals surface area contributed by atoms with Gasteiger partial charge in [-0.3, -0.25) is 0 Å². The number of hydrogen-bond acceptors (Lipinski definition) is 3. The molecule has 0 aliphatic heterocycles. The zero-order valence-corrected chi connectivity index (χ0v) is 14.4. The molecule has 1 aliphatic carbocycles. The summed E-state index contributed by atoms with van der Waals surface area (Å²) in [4.78, 5) is 0.493. The predicted octanol–water partition coefficient (Wildman–Crippen LogP) is 2.28. The van der Waals surface area contributed by atoms with Gasteiger partial charge in [0.05, 0.1) is 4.90 Å². The van der Waals surface area contributed by atoms with E-state index in [-0.39, 0.29) is 20.7 Å². The van der Waals surface area contributed by atoms with Crippen LogP contribution in [0.3, 0.4) is 0 Å². The van der Waals surface area contributed by atoms with Crippen LogP contribution < -0.4 is 10.5 Å². The van der Waals surface area contributed by atoms with Crippen molar-refractivity contribution in [3.05, 3.63) is 29.8 Å². The van der Waals surface area contributed by atoms with Gasteiger partial charge in [-0.1, -0.05) is 52.0 Å². The monoisotopic (exact) mass is 326 g/mol. The summed E-state index contributed by atoms with van der Waals surface area (Å²) >= 11 is 4.86. The van der Waals surface area contributed by atoms with Crippen LogP contribution in [0.25, 0.3) is 0 Å². The van der Waals surface area contributed by atoms with E-state index in [0.717, 1.165) is 0 Å². The lowest BCUT2D eigenvalue weighted by Gasteiger charge is -2.08. The van der Waals surface area contributed by atoms with Crippen molar-refractivity contribution in [1.29, 1.82) is 0 Å². The average Bonchev–Trinajstić information content (AvgIpc) is 2.77. The summed E-state index contributed by atoms with van der Waals surface area (Å²) in [7, 11) is -3.49. The summed E-state index contributed by atoms with van der Waals surface area (Å²) in [6.07, 6.45) is 0. The minimum Gasteiger partial charge on any atom is -0.389 e. The molecule has 1 aliphatic rings. The van der Waals surface area contributed by atoms with Crippen LogP contribution in [0.2, 0.25) is 0 Å². The normalized spacial score (nSPS) is 20.2. The largest absolute Gasteiger partial charge is 0.389 e. The van der Waals surface area contributed by atoms with Crippen molar-refractivity contribution in [3.8, 4) is 0 Å². The molecule has 0 amide bonds. The minimum absolute atomic E-state index is 0.158. The first-order valence-corrected chi connectivity index (χ1v) is 8.79. The van der Waals surface area contributed by atoms with E-state index >= 15 is 0 Å². The number of hydrogen-bond donors (Lipinski definition) is 2. The molecule has 0 spiro atoms. The molecule has 4 nitrogen and oxygen atoms in total. The molecule has 1 fully saturated rings. The van der Waals surface area contributed by atoms with Crippen molar-refractivity contribution in [2.45, 2.75) is 32.6 Å². The standard InChI is InChI=1S/C15H22N2O2S2/c1-14(2)12(15(14,3)4)9-17-21(18,19)11-7-5-10(6-8-11)13(16)20/h5-8,12,17H,9H2,1-4H3,(H2,16,20). The van der Waals surface area contributed by atoms with E-state index in [1.807, 2.05) is 0 Å². The van der Waals surface area contributed by atoms with E-state index in [9.17, 15) is 8.42 Å². The van der Waals surface area contributed by atoms with Gasteiger partial charge in [-0.15, -0.1) is 0 Å². The fraction of sp³-hybridized carbons (Fsp3) is 0.533. The van der Waals surface area contributed by atoms with E-state index in [4.69, 9.17) is 18.0 Å². The van der Waals surface area contributed by atoms with Gasteiger partial charge in [0.2, 0.25) is 10.0 Å². The summed E-state index contributed by atoms with van der Waals surface area (Å²) in [6, 6.07) is 6.31. The highest BCUT2D eigenvalue weighted by Gasteiger charge is 2.64. The lowest BCUT2D eigenvalue weighted by Crippen LogP contribution is -2.27. The molecule has 0 saturated heterocycles. The number of nitrogens with one attached hydrogen (secondary N) is 1. The quantitative estimate of drug-likeness (QED) is 0.814. The molecule has 1 aromatic rings. The van der Waals surface area contributed by atoms with Crippen LogP contribution in [0.5, 0.6) is 0 Å². The molecule has 1 aromatic carbocycles. The highest BCUT2D eigenvalue weighted by atomic mass is 32.2. The first kappa shape index (κ1) is 16.4. The van der Waals surface area contributed by atoms with Gasteiger partial charge < -0.3 is 5.73 Å². The summed E-state index contributed by atoms with van der Waals surface area (Å²) < 4.78 is 27.3. The zero-order valence-electron chi connectivity index (χ0n) is 12.8. The maximum absolute atomic E-state index is 12.3. The zero-order chi connectivity index (χ0) is 16.1.